The molecule has 0 aliphatic rings. The van der Waals surface area contributed by atoms with E-state index in [0.717, 1.165) is 12.8 Å². The van der Waals surface area contributed by atoms with Gasteiger partial charge >= 0.3 is 0 Å². The molecule has 2 nitrogen and oxygen atoms in total. The van der Waals surface area contributed by atoms with Crippen LogP contribution in [0, 0.1) is 5.82 Å². The highest BCUT2D eigenvalue weighted by atomic mass is 35.5. The number of nitrogens with two attached hydrogens (primary N) is 1. The van der Waals surface area contributed by atoms with Crippen LogP contribution >= 0.6 is 11.6 Å². The van der Waals surface area contributed by atoms with Crippen LogP contribution in [0.1, 0.15) is 32.3 Å². The molecule has 4 heteroatoms. The number of likely N-dealkylation sites (N-methyl/N-ethyl adjacent to an activating group) is 1. The van der Waals surface area contributed by atoms with Crippen LogP contribution in [0.25, 0.3) is 0 Å². The molecule has 0 bridgehead atoms. The lowest BCUT2D eigenvalue weighted by molar-refractivity contribution is 0.105. The normalized spacial score (nSPS) is 13.9. The number of halogens is 2. The average Bonchev–Trinajstić information content (AvgIpc) is 2.36. The molecule has 1 aromatic rings. The van der Waals surface area contributed by atoms with E-state index in [1.54, 1.807) is 12.1 Å². The summed E-state index contributed by atoms with van der Waals surface area (Å²) in [6.07, 6.45) is 2.29. The number of rotatable bonds is 6. The van der Waals surface area contributed by atoms with Gasteiger partial charge < -0.3 is 10.6 Å². The fourth-order valence-corrected chi connectivity index (χ4v) is 3.12. The molecule has 1 unspecified atom stereocenters. The summed E-state index contributed by atoms with van der Waals surface area (Å²) in [5, 5.41) is 0.454. The molecule has 0 aromatic heterocycles. The Hall–Kier alpha value is -0.640. The van der Waals surface area contributed by atoms with E-state index in [-0.39, 0.29) is 17.4 Å². The highest BCUT2D eigenvalue weighted by molar-refractivity contribution is 6.31. The Morgan fingerprint density at radius 3 is 2.32 bits per heavy atom. The smallest absolute Gasteiger partial charge is 0.127 e. The maximum absolute atomic E-state index is 13.9. The lowest BCUT2D eigenvalue weighted by atomic mass is 9.80. The van der Waals surface area contributed by atoms with Crippen LogP contribution in [0.3, 0.4) is 0 Å². The predicted octanol–water partition coefficient (Wildman–Crippen LogP) is 3.47. The Morgan fingerprint density at radius 1 is 1.32 bits per heavy atom. The summed E-state index contributed by atoms with van der Waals surface area (Å²) in [6, 6.07) is 4.60. The first kappa shape index (κ1) is 16.4. The van der Waals surface area contributed by atoms with E-state index in [1.165, 1.54) is 6.07 Å². The third kappa shape index (κ3) is 3.28. The van der Waals surface area contributed by atoms with Gasteiger partial charge in [0.25, 0.3) is 0 Å². The van der Waals surface area contributed by atoms with Crippen LogP contribution in [0.5, 0.6) is 0 Å². The third-order valence-electron chi connectivity index (χ3n) is 4.29. The van der Waals surface area contributed by atoms with Gasteiger partial charge in [-0.05, 0) is 45.5 Å². The third-order valence-corrected chi connectivity index (χ3v) is 4.65. The Bertz CT molecular complexity index is 396. The molecule has 0 spiro atoms. The Balaban J connectivity index is 3.03. The molecule has 0 amide bonds. The molecule has 1 aromatic carbocycles. The molecule has 2 N–H and O–H groups in total. The standard InChI is InChI=1S/C15H24ClFN2/c1-5-15(6-2,19(3)4)14(18)10-11-12(16)8-7-9-13(11)17/h7-9,14H,5-6,10,18H2,1-4H3. The molecule has 0 aliphatic heterocycles. The minimum Gasteiger partial charge on any atom is -0.326 e. The van der Waals surface area contributed by atoms with Crippen molar-refractivity contribution in [1.29, 1.82) is 0 Å². The van der Waals surface area contributed by atoms with Crippen molar-refractivity contribution in [1.82, 2.24) is 4.90 Å². The first-order chi connectivity index (χ1) is 8.89. The summed E-state index contributed by atoms with van der Waals surface area (Å²) in [4.78, 5) is 2.15. The number of hydrogen-bond donors (Lipinski definition) is 1. The van der Waals surface area contributed by atoms with Gasteiger partial charge in [0.1, 0.15) is 5.82 Å². The second-order valence-corrected chi connectivity index (χ2v) is 5.62. The molecule has 19 heavy (non-hydrogen) atoms. The van der Waals surface area contributed by atoms with E-state index in [4.69, 9.17) is 17.3 Å². The van der Waals surface area contributed by atoms with Gasteiger partial charge in [0, 0.05) is 22.2 Å². The quantitative estimate of drug-likeness (QED) is 0.868. The average molecular weight is 287 g/mol. The second kappa shape index (κ2) is 6.69. The van der Waals surface area contributed by atoms with Crippen molar-refractivity contribution in [3.63, 3.8) is 0 Å². The van der Waals surface area contributed by atoms with E-state index in [2.05, 4.69) is 18.7 Å². The zero-order valence-electron chi connectivity index (χ0n) is 12.2. The van der Waals surface area contributed by atoms with E-state index in [1.807, 2.05) is 14.1 Å². The molecule has 0 heterocycles. The highest BCUT2D eigenvalue weighted by Gasteiger charge is 2.36. The first-order valence-corrected chi connectivity index (χ1v) is 7.12. The lowest BCUT2D eigenvalue weighted by Crippen LogP contribution is -2.57. The SMILES string of the molecule is CCC(CC)(C(N)Cc1c(F)cccc1Cl)N(C)C. The van der Waals surface area contributed by atoms with Crippen LogP contribution in [0.4, 0.5) is 4.39 Å². The van der Waals surface area contributed by atoms with E-state index in [0.29, 0.717) is 17.0 Å². The van der Waals surface area contributed by atoms with Crippen molar-refractivity contribution < 1.29 is 4.39 Å². The summed E-state index contributed by atoms with van der Waals surface area (Å²) in [5.41, 5.74) is 6.76. The van der Waals surface area contributed by atoms with Crippen molar-refractivity contribution in [3.05, 3.63) is 34.6 Å². The van der Waals surface area contributed by atoms with Gasteiger partial charge in [-0.2, -0.15) is 0 Å². The topological polar surface area (TPSA) is 29.3 Å². The Labute approximate surface area is 120 Å². The fraction of sp³-hybridized carbons (Fsp3) is 0.600. The molecule has 0 aliphatic carbocycles. The highest BCUT2D eigenvalue weighted by Crippen LogP contribution is 2.29. The summed E-state index contributed by atoms with van der Waals surface area (Å²) in [7, 11) is 4.05. The van der Waals surface area contributed by atoms with E-state index >= 15 is 0 Å². The summed E-state index contributed by atoms with van der Waals surface area (Å²) >= 11 is 6.08. The lowest BCUT2D eigenvalue weighted by Gasteiger charge is -2.43. The van der Waals surface area contributed by atoms with Gasteiger partial charge in [-0.15, -0.1) is 0 Å². The predicted molar refractivity (Wildman–Crippen MR) is 80.1 cm³/mol. The Morgan fingerprint density at radius 2 is 1.89 bits per heavy atom. The van der Waals surface area contributed by atoms with Crippen molar-refractivity contribution in [2.24, 2.45) is 5.73 Å². The summed E-state index contributed by atoms with van der Waals surface area (Å²) in [5.74, 6) is -0.275. The van der Waals surface area contributed by atoms with E-state index in [9.17, 15) is 4.39 Å². The molecule has 0 fully saturated rings. The van der Waals surface area contributed by atoms with Crippen LogP contribution in [-0.2, 0) is 6.42 Å². The van der Waals surface area contributed by atoms with Crippen LogP contribution in [0.2, 0.25) is 5.02 Å². The van der Waals surface area contributed by atoms with Gasteiger partial charge in [-0.1, -0.05) is 31.5 Å². The zero-order valence-corrected chi connectivity index (χ0v) is 13.0. The number of benzene rings is 1. The monoisotopic (exact) mass is 286 g/mol. The van der Waals surface area contributed by atoms with Gasteiger partial charge in [0.2, 0.25) is 0 Å². The molecule has 0 saturated carbocycles. The van der Waals surface area contributed by atoms with Gasteiger partial charge in [-0.3, -0.25) is 0 Å². The van der Waals surface area contributed by atoms with Gasteiger partial charge in [0.15, 0.2) is 0 Å². The summed E-state index contributed by atoms with van der Waals surface area (Å²) < 4.78 is 13.9. The van der Waals surface area contributed by atoms with Crippen LogP contribution in [-0.4, -0.2) is 30.6 Å². The largest absolute Gasteiger partial charge is 0.326 e. The van der Waals surface area contributed by atoms with Crippen LogP contribution in [0.15, 0.2) is 18.2 Å². The molecular weight excluding hydrogens is 263 g/mol. The first-order valence-electron chi connectivity index (χ1n) is 6.75. The molecule has 0 saturated heterocycles. The van der Waals surface area contributed by atoms with E-state index < -0.39 is 0 Å². The molecule has 1 atom stereocenters. The van der Waals surface area contributed by atoms with Crippen LogP contribution < -0.4 is 5.73 Å². The minimum atomic E-state index is -0.275. The maximum Gasteiger partial charge on any atom is 0.127 e. The Kier molecular flexibility index (Phi) is 5.78. The molecule has 0 radical (unpaired) electrons. The van der Waals surface area contributed by atoms with Gasteiger partial charge in [-0.25, -0.2) is 4.39 Å². The van der Waals surface area contributed by atoms with Crippen molar-refractivity contribution >= 4 is 11.6 Å². The number of hydrogen-bond acceptors (Lipinski definition) is 2. The minimum absolute atomic E-state index is 0.133. The van der Waals surface area contributed by atoms with Gasteiger partial charge in [0.05, 0.1) is 0 Å². The molecular formula is C15H24ClFN2. The van der Waals surface area contributed by atoms with Crippen molar-refractivity contribution in [2.75, 3.05) is 14.1 Å². The fourth-order valence-electron chi connectivity index (χ4n) is 2.88. The zero-order chi connectivity index (χ0) is 14.6. The number of nitrogens with zero attached hydrogens (tertiary/aromatic N) is 1. The molecule has 108 valence electrons. The van der Waals surface area contributed by atoms with Crippen molar-refractivity contribution in [3.8, 4) is 0 Å². The maximum atomic E-state index is 13.9. The van der Waals surface area contributed by atoms with Crippen molar-refractivity contribution in [2.45, 2.75) is 44.7 Å². The summed E-state index contributed by atoms with van der Waals surface area (Å²) in [6.45, 7) is 4.23. The second-order valence-electron chi connectivity index (χ2n) is 5.22. The molecule has 1 rings (SSSR count).